The van der Waals surface area contributed by atoms with Crippen molar-refractivity contribution in [2.24, 2.45) is 10.7 Å². The Hall–Kier alpha value is -1.16. The third kappa shape index (κ3) is 1.41. The van der Waals surface area contributed by atoms with E-state index in [-0.39, 0.29) is 0 Å². The molecule has 0 saturated heterocycles. The van der Waals surface area contributed by atoms with Crippen molar-refractivity contribution in [1.29, 1.82) is 0 Å². The molecule has 52 valence electrons. The van der Waals surface area contributed by atoms with Gasteiger partial charge in [0, 0.05) is 0 Å². The number of rotatable bonds is 1. The van der Waals surface area contributed by atoms with Crippen molar-refractivity contribution in [3.8, 4) is 0 Å². The van der Waals surface area contributed by atoms with Crippen molar-refractivity contribution >= 4 is 23.6 Å². The van der Waals surface area contributed by atoms with E-state index in [0.29, 0.717) is 10.8 Å². The Labute approximate surface area is 62.8 Å². The van der Waals surface area contributed by atoms with Crippen LogP contribution in [-0.4, -0.2) is 16.3 Å². The van der Waals surface area contributed by atoms with Gasteiger partial charge in [0.2, 0.25) is 0 Å². The van der Waals surface area contributed by atoms with Crippen LogP contribution in [0.5, 0.6) is 0 Å². The highest BCUT2D eigenvalue weighted by Crippen LogP contribution is 2.18. The second-order valence-corrected chi connectivity index (χ2v) is 1.83. The minimum atomic E-state index is 0.303. The average Bonchev–Trinajstić information content (AvgIpc) is 1.94. The maximum atomic E-state index is 5.58. The normalized spacial score (nSPS) is 10.5. The minimum Gasteiger partial charge on any atom is -0.390 e. The lowest BCUT2D eigenvalue weighted by Crippen LogP contribution is -1.87. The molecule has 1 aromatic heterocycles. The molecule has 5 heteroatoms. The van der Waals surface area contributed by atoms with Gasteiger partial charge in [-0.25, -0.2) is 15.0 Å². The van der Waals surface area contributed by atoms with Crippen molar-refractivity contribution in [1.82, 2.24) is 9.97 Å². The highest BCUT2D eigenvalue weighted by Gasteiger charge is 1.94. The third-order valence-corrected chi connectivity index (χ3v) is 1.15. The largest absolute Gasteiger partial charge is 0.390 e. The van der Waals surface area contributed by atoms with Crippen molar-refractivity contribution in [2.75, 3.05) is 0 Å². The van der Waals surface area contributed by atoms with Crippen molar-refractivity contribution in [3.05, 3.63) is 17.7 Å². The van der Waals surface area contributed by atoms with E-state index in [0.717, 1.165) is 6.34 Å². The number of nitrogens with two attached hydrogens (primary N) is 1. The summed E-state index contributed by atoms with van der Waals surface area (Å²) in [6.45, 7) is 0. The zero-order chi connectivity index (χ0) is 7.40. The van der Waals surface area contributed by atoms with Crippen LogP contribution in [0, 0.1) is 0 Å². The summed E-state index contributed by atoms with van der Waals surface area (Å²) < 4.78 is 0. The number of halogens is 1. The van der Waals surface area contributed by atoms with Crippen LogP contribution >= 0.6 is 11.6 Å². The van der Waals surface area contributed by atoms with Gasteiger partial charge in [-0.3, -0.25) is 0 Å². The summed E-state index contributed by atoms with van der Waals surface area (Å²) in [5, 5.41) is 0.303. The quantitative estimate of drug-likeness (QED) is 0.371. The maximum Gasteiger partial charge on any atom is 0.158 e. The second kappa shape index (κ2) is 3.12. The van der Waals surface area contributed by atoms with Crippen LogP contribution in [0.3, 0.4) is 0 Å². The number of nitrogens with zero attached hydrogens (tertiary/aromatic N) is 3. The molecule has 1 aromatic rings. The van der Waals surface area contributed by atoms with E-state index in [4.69, 9.17) is 17.3 Å². The Balaban J connectivity index is 3.03. The molecule has 0 bridgehead atoms. The van der Waals surface area contributed by atoms with Crippen LogP contribution in [0.15, 0.2) is 17.5 Å². The zero-order valence-electron chi connectivity index (χ0n) is 5.03. The van der Waals surface area contributed by atoms with E-state index >= 15 is 0 Å². The van der Waals surface area contributed by atoms with Gasteiger partial charge in [0.1, 0.15) is 12.0 Å². The molecule has 1 rings (SSSR count). The lowest BCUT2D eigenvalue weighted by molar-refractivity contribution is 1.16. The van der Waals surface area contributed by atoms with Gasteiger partial charge in [-0.05, 0) is 0 Å². The predicted molar refractivity (Wildman–Crippen MR) is 39.4 cm³/mol. The predicted octanol–water partition coefficient (Wildman–Crippen LogP) is 0.749. The van der Waals surface area contributed by atoms with E-state index in [9.17, 15) is 0 Å². The Morgan fingerprint density at radius 3 is 3.10 bits per heavy atom. The van der Waals surface area contributed by atoms with E-state index in [2.05, 4.69) is 15.0 Å². The minimum absolute atomic E-state index is 0.303. The molecule has 0 amide bonds. The summed E-state index contributed by atoms with van der Waals surface area (Å²) in [6.07, 6.45) is 3.97. The second-order valence-electron chi connectivity index (χ2n) is 1.48. The van der Waals surface area contributed by atoms with Gasteiger partial charge in [-0.15, -0.1) is 0 Å². The third-order valence-electron chi connectivity index (χ3n) is 0.860. The first-order valence-electron chi connectivity index (χ1n) is 2.54. The van der Waals surface area contributed by atoms with Gasteiger partial charge in [0.05, 0.1) is 12.5 Å². The molecule has 0 aliphatic rings. The molecule has 10 heavy (non-hydrogen) atoms. The fourth-order valence-electron chi connectivity index (χ4n) is 0.474. The summed E-state index contributed by atoms with van der Waals surface area (Å²) in [5.41, 5.74) is 5.50. The van der Waals surface area contributed by atoms with E-state index in [1.54, 1.807) is 0 Å². The molecule has 4 nitrogen and oxygen atoms in total. The molecule has 2 N–H and O–H groups in total. The summed E-state index contributed by atoms with van der Waals surface area (Å²) in [4.78, 5) is 11.1. The van der Waals surface area contributed by atoms with Crippen LogP contribution in [0.2, 0.25) is 5.15 Å². The number of hydrogen-bond donors (Lipinski definition) is 1. The first-order valence-corrected chi connectivity index (χ1v) is 2.92. The highest BCUT2D eigenvalue weighted by atomic mass is 35.5. The van der Waals surface area contributed by atoms with Crippen LogP contribution in [0.1, 0.15) is 0 Å². The van der Waals surface area contributed by atoms with Crippen molar-refractivity contribution < 1.29 is 0 Å². The fraction of sp³-hybridized carbons (Fsp3) is 0. The van der Waals surface area contributed by atoms with Gasteiger partial charge in [-0.2, -0.15) is 0 Å². The molecule has 0 radical (unpaired) electrons. The van der Waals surface area contributed by atoms with Gasteiger partial charge in [0.15, 0.2) is 5.15 Å². The van der Waals surface area contributed by atoms with Gasteiger partial charge in [0.25, 0.3) is 0 Å². The molecule has 0 atom stereocenters. The summed E-state index contributed by atoms with van der Waals surface area (Å²) >= 11 is 5.58. The first kappa shape index (κ1) is 6.95. The molecule has 0 aromatic carbocycles. The molecular formula is C5H5ClN4. The molecule has 0 unspecified atom stereocenters. The zero-order valence-corrected chi connectivity index (χ0v) is 5.78. The summed E-state index contributed by atoms with van der Waals surface area (Å²) in [6, 6.07) is 0. The number of aliphatic imine (C=N–C) groups is 1. The highest BCUT2D eigenvalue weighted by molar-refractivity contribution is 6.31. The topological polar surface area (TPSA) is 64.2 Å². The molecule has 0 fully saturated rings. The van der Waals surface area contributed by atoms with Crippen LogP contribution in [0.4, 0.5) is 5.69 Å². The van der Waals surface area contributed by atoms with E-state index in [1.807, 2.05) is 0 Å². The molecule has 0 aliphatic heterocycles. The summed E-state index contributed by atoms with van der Waals surface area (Å²) in [5.74, 6) is 0. The van der Waals surface area contributed by atoms with Gasteiger partial charge in [-0.1, -0.05) is 11.6 Å². The molecule has 1 heterocycles. The van der Waals surface area contributed by atoms with Gasteiger partial charge >= 0.3 is 0 Å². The standard InChI is InChI=1S/C5H5ClN4/c6-5-4(9-2-7)1-8-3-10-5/h1-3H,(H2,7,9). The van der Waals surface area contributed by atoms with Crippen LogP contribution in [-0.2, 0) is 0 Å². The van der Waals surface area contributed by atoms with Crippen LogP contribution < -0.4 is 5.73 Å². The molecule has 0 spiro atoms. The van der Waals surface area contributed by atoms with Gasteiger partial charge < -0.3 is 5.73 Å². The first-order chi connectivity index (χ1) is 4.84. The molecule has 0 saturated carbocycles. The smallest absolute Gasteiger partial charge is 0.158 e. The van der Waals surface area contributed by atoms with Crippen molar-refractivity contribution in [3.63, 3.8) is 0 Å². The lowest BCUT2D eigenvalue weighted by atomic mass is 10.6. The Bertz CT molecular complexity index is 247. The summed E-state index contributed by atoms with van der Waals surface area (Å²) in [7, 11) is 0. The Morgan fingerprint density at radius 2 is 2.50 bits per heavy atom. The number of hydrogen-bond acceptors (Lipinski definition) is 3. The Morgan fingerprint density at radius 1 is 1.70 bits per heavy atom. The van der Waals surface area contributed by atoms with Crippen LogP contribution in [0.25, 0.3) is 0 Å². The number of aromatic nitrogens is 2. The SMILES string of the molecule is NC=Nc1cncnc1Cl. The Kier molecular flexibility index (Phi) is 2.17. The molecule has 0 aliphatic carbocycles. The average molecular weight is 157 g/mol. The fourth-order valence-corrected chi connectivity index (χ4v) is 0.615. The maximum absolute atomic E-state index is 5.58. The monoisotopic (exact) mass is 156 g/mol. The van der Waals surface area contributed by atoms with Crippen molar-refractivity contribution in [2.45, 2.75) is 0 Å². The van der Waals surface area contributed by atoms with E-state index < -0.39 is 0 Å². The molecular weight excluding hydrogens is 152 g/mol. The van der Waals surface area contributed by atoms with E-state index in [1.165, 1.54) is 12.5 Å². The lowest BCUT2D eigenvalue weighted by Gasteiger charge is -1.91.